The predicted molar refractivity (Wildman–Crippen MR) is 54.0 cm³/mol. The zero-order chi connectivity index (χ0) is 11.9. The second kappa shape index (κ2) is 3.77. The van der Waals surface area contributed by atoms with Gasteiger partial charge in [0.1, 0.15) is 0 Å². The normalized spacial score (nSPS) is 26.6. The lowest BCUT2D eigenvalue weighted by Gasteiger charge is -2.09. The summed E-state index contributed by atoms with van der Waals surface area (Å²) in [6.07, 6.45) is -3.95. The SMILES string of the molecule is C[C@@H](O)[C@@H]1C[C@@H]1c1cccc(C(F)(F)F)c1. The van der Waals surface area contributed by atoms with E-state index in [0.717, 1.165) is 12.5 Å². The Morgan fingerprint density at radius 2 is 2.06 bits per heavy atom. The Morgan fingerprint density at radius 1 is 1.38 bits per heavy atom. The van der Waals surface area contributed by atoms with E-state index < -0.39 is 17.8 Å². The van der Waals surface area contributed by atoms with Gasteiger partial charge in [0.05, 0.1) is 11.7 Å². The number of aliphatic hydroxyl groups is 1. The highest BCUT2D eigenvalue weighted by Crippen LogP contribution is 2.50. The Bertz CT molecular complexity index is 384. The fourth-order valence-corrected chi connectivity index (χ4v) is 2.08. The van der Waals surface area contributed by atoms with Crippen LogP contribution < -0.4 is 0 Å². The molecule has 1 saturated carbocycles. The maximum atomic E-state index is 12.5. The minimum absolute atomic E-state index is 0.0855. The van der Waals surface area contributed by atoms with Crippen LogP contribution in [0.2, 0.25) is 0 Å². The van der Waals surface area contributed by atoms with Gasteiger partial charge < -0.3 is 5.11 Å². The van der Waals surface area contributed by atoms with Gasteiger partial charge in [-0.15, -0.1) is 0 Å². The molecule has 0 heterocycles. The first kappa shape index (κ1) is 11.5. The molecule has 0 aliphatic heterocycles. The molecule has 0 saturated heterocycles. The van der Waals surface area contributed by atoms with E-state index >= 15 is 0 Å². The molecule has 4 heteroatoms. The number of alkyl halides is 3. The number of benzene rings is 1. The van der Waals surface area contributed by atoms with Crippen molar-refractivity contribution in [2.45, 2.75) is 31.5 Å². The van der Waals surface area contributed by atoms with E-state index in [9.17, 15) is 18.3 Å². The molecule has 1 N–H and O–H groups in total. The first-order valence-corrected chi connectivity index (χ1v) is 5.25. The number of rotatable bonds is 2. The van der Waals surface area contributed by atoms with Gasteiger partial charge >= 0.3 is 6.18 Å². The van der Waals surface area contributed by atoms with Crippen molar-refractivity contribution in [3.8, 4) is 0 Å². The van der Waals surface area contributed by atoms with Crippen LogP contribution in [0.3, 0.4) is 0 Å². The van der Waals surface area contributed by atoms with Gasteiger partial charge in [-0.1, -0.05) is 18.2 Å². The van der Waals surface area contributed by atoms with E-state index in [-0.39, 0.29) is 11.8 Å². The molecular formula is C12H13F3O. The average molecular weight is 230 g/mol. The average Bonchev–Trinajstić information content (AvgIpc) is 2.96. The van der Waals surface area contributed by atoms with Gasteiger partial charge in [0.2, 0.25) is 0 Å². The Kier molecular flexibility index (Phi) is 2.70. The molecule has 0 bridgehead atoms. The molecule has 0 amide bonds. The smallest absolute Gasteiger partial charge is 0.393 e. The van der Waals surface area contributed by atoms with Gasteiger partial charge in [-0.25, -0.2) is 0 Å². The van der Waals surface area contributed by atoms with Crippen LogP contribution in [0, 0.1) is 5.92 Å². The fraction of sp³-hybridized carbons (Fsp3) is 0.500. The van der Waals surface area contributed by atoms with Crippen LogP contribution in [-0.4, -0.2) is 11.2 Å². The molecule has 1 aliphatic rings. The third kappa shape index (κ3) is 2.21. The molecular weight excluding hydrogens is 217 g/mol. The highest BCUT2D eigenvalue weighted by atomic mass is 19.4. The summed E-state index contributed by atoms with van der Waals surface area (Å²) in [5.74, 6) is 0.200. The second-order valence-electron chi connectivity index (χ2n) is 4.37. The van der Waals surface area contributed by atoms with Crippen LogP contribution in [-0.2, 0) is 6.18 Å². The van der Waals surface area contributed by atoms with Gasteiger partial charge in [-0.05, 0) is 36.8 Å². The third-order valence-electron chi connectivity index (χ3n) is 3.10. The summed E-state index contributed by atoms with van der Waals surface area (Å²) in [5, 5.41) is 9.33. The Hall–Kier alpha value is -1.03. The van der Waals surface area contributed by atoms with Gasteiger partial charge in [0.15, 0.2) is 0 Å². The van der Waals surface area contributed by atoms with Gasteiger partial charge in [0.25, 0.3) is 0 Å². The highest BCUT2D eigenvalue weighted by molar-refractivity contribution is 5.32. The van der Waals surface area contributed by atoms with E-state index in [2.05, 4.69) is 0 Å². The van der Waals surface area contributed by atoms with Gasteiger partial charge in [0, 0.05) is 0 Å². The molecule has 1 aromatic rings. The summed E-state index contributed by atoms with van der Waals surface area (Å²) in [4.78, 5) is 0. The minimum atomic E-state index is -4.29. The van der Waals surface area contributed by atoms with Crippen molar-refractivity contribution < 1.29 is 18.3 Å². The number of halogens is 3. The zero-order valence-corrected chi connectivity index (χ0v) is 8.83. The van der Waals surface area contributed by atoms with Crippen molar-refractivity contribution in [2.24, 2.45) is 5.92 Å². The van der Waals surface area contributed by atoms with Crippen molar-refractivity contribution in [2.75, 3.05) is 0 Å². The molecule has 1 fully saturated rings. The highest BCUT2D eigenvalue weighted by Gasteiger charge is 2.42. The van der Waals surface area contributed by atoms with E-state index in [4.69, 9.17) is 0 Å². The molecule has 1 nitrogen and oxygen atoms in total. The zero-order valence-electron chi connectivity index (χ0n) is 8.83. The van der Waals surface area contributed by atoms with E-state index in [0.29, 0.717) is 5.56 Å². The molecule has 0 aromatic heterocycles. The number of hydrogen-bond donors (Lipinski definition) is 1. The van der Waals surface area contributed by atoms with Crippen LogP contribution in [0.15, 0.2) is 24.3 Å². The van der Waals surface area contributed by atoms with Crippen LogP contribution in [0.4, 0.5) is 13.2 Å². The fourth-order valence-electron chi connectivity index (χ4n) is 2.08. The first-order chi connectivity index (χ1) is 7.39. The van der Waals surface area contributed by atoms with Crippen molar-refractivity contribution in [1.82, 2.24) is 0 Å². The van der Waals surface area contributed by atoms with Crippen LogP contribution in [0.25, 0.3) is 0 Å². The molecule has 1 aliphatic carbocycles. The second-order valence-corrected chi connectivity index (χ2v) is 4.37. The van der Waals surface area contributed by atoms with Gasteiger partial charge in [-0.2, -0.15) is 13.2 Å². The summed E-state index contributed by atoms with van der Waals surface area (Å²) in [7, 11) is 0. The van der Waals surface area contributed by atoms with Gasteiger partial charge in [-0.3, -0.25) is 0 Å². The third-order valence-corrected chi connectivity index (χ3v) is 3.10. The minimum Gasteiger partial charge on any atom is -0.393 e. The molecule has 2 rings (SSSR count). The Morgan fingerprint density at radius 3 is 2.56 bits per heavy atom. The Balaban J connectivity index is 2.19. The predicted octanol–water partition coefficient (Wildman–Crippen LogP) is 3.19. The maximum absolute atomic E-state index is 12.5. The lowest BCUT2D eigenvalue weighted by atomic mass is 10.0. The molecule has 0 spiro atoms. The summed E-state index contributed by atoms with van der Waals surface area (Å²) >= 11 is 0. The standard InChI is InChI=1S/C12H13F3O/c1-7(16)10-6-11(10)8-3-2-4-9(5-8)12(13,14)15/h2-5,7,10-11,16H,6H2,1H3/t7-,10+,11-/m1/s1. The summed E-state index contributed by atoms with van der Waals surface area (Å²) in [5.41, 5.74) is 0.0713. The molecule has 1 aromatic carbocycles. The van der Waals surface area contributed by atoms with E-state index in [1.807, 2.05) is 0 Å². The summed E-state index contributed by atoms with van der Waals surface area (Å²) in [6.45, 7) is 1.68. The topological polar surface area (TPSA) is 20.2 Å². The summed E-state index contributed by atoms with van der Waals surface area (Å²) in [6, 6.07) is 5.38. The molecule has 88 valence electrons. The molecule has 3 atom stereocenters. The van der Waals surface area contributed by atoms with E-state index in [1.165, 1.54) is 12.1 Å². The maximum Gasteiger partial charge on any atom is 0.416 e. The lowest BCUT2D eigenvalue weighted by molar-refractivity contribution is -0.137. The number of aliphatic hydroxyl groups excluding tert-OH is 1. The van der Waals surface area contributed by atoms with E-state index in [1.54, 1.807) is 13.0 Å². The molecule has 16 heavy (non-hydrogen) atoms. The Labute approximate surface area is 91.9 Å². The first-order valence-electron chi connectivity index (χ1n) is 5.25. The largest absolute Gasteiger partial charge is 0.416 e. The monoisotopic (exact) mass is 230 g/mol. The summed E-state index contributed by atoms with van der Waals surface area (Å²) < 4.78 is 37.4. The van der Waals surface area contributed by atoms with Crippen molar-refractivity contribution in [3.63, 3.8) is 0 Å². The number of hydrogen-bond acceptors (Lipinski definition) is 1. The van der Waals surface area contributed by atoms with Crippen molar-refractivity contribution in [1.29, 1.82) is 0 Å². The molecule has 0 unspecified atom stereocenters. The van der Waals surface area contributed by atoms with Crippen LogP contribution in [0.1, 0.15) is 30.4 Å². The van der Waals surface area contributed by atoms with Crippen LogP contribution >= 0.6 is 0 Å². The quantitative estimate of drug-likeness (QED) is 0.827. The van der Waals surface area contributed by atoms with Crippen molar-refractivity contribution in [3.05, 3.63) is 35.4 Å². The van der Waals surface area contributed by atoms with Crippen LogP contribution in [0.5, 0.6) is 0 Å². The van der Waals surface area contributed by atoms with Crippen molar-refractivity contribution >= 4 is 0 Å². The molecule has 0 radical (unpaired) electrons. The lowest BCUT2D eigenvalue weighted by Crippen LogP contribution is -2.06.